The largest absolute Gasteiger partial charge is 0.207 e. The van der Waals surface area contributed by atoms with Crippen LogP contribution in [0, 0.1) is 35.4 Å². The van der Waals surface area contributed by atoms with E-state index in [1.807, 2.05) is 19.9 Å². The van der Waals surface area contributed by atoms with Gasteiger partial charge in [0.15, 0.2) is 0 Å². The lowest BCUT2D eigenvalue weighted by molar-refractivity contribution is 0.480. The molecule has 0 radical (unpaired) electrons. The maximum Gasteiger partial charge on any atom is 0.126 e. The van der Waals surface area contributed by atoms with E-state index in [-0.39, 0.29) is 17.7 Å². The summed E-state index contributed by atoms with van der Waals surface area (Å²) in [7, 11) is 0. The minimum absolute atomic E-state index is 0.0294. The summed E-state index contributed by atoms with van der Waals surface area (Å²) in [5, 5.41) is 8.79. The molecule has 0 aliphatic carbocycles. The monoisotopic (exact) mass is 215 g/mol. The molecule has 0 saturated heterocycles. The van der Waals surface area contributed by atoms with Gasteiger partial charge in [-0.1, -0.05) is 13.8 Å². The Morgan fingerprint density at radius 1 is 1.44 bits per heavy atom. The van der Waals surface area contributed by atoms with Gasteiger partial charge in [0.05, 0.1) is 11.6 Å². The van der Waals surface area contributed by atoms with Crippen LogP contribution in [-0.4, -0.2) is 0 Å². The van der Waals surface area contributed by atoms with E-state index in [2.05, 4.69) is 5.92 Å². The molecule has 82 valence electrons. The van der Waals surface area contributed by atoms with E-state index in [4.69, 9.17) is 11.7 Å². The molecule has 1 unspecified atom stereocenters. The van der Waals surface area contributed by atoms with Gasteiger partial charge >= 0.3 is 0 Å². The quantitative estimate of drug-likeness (QED) is 0.708. The van der Waals surface area contributed by atoms with Gasteiger partial charge in [0.1, 0.15) is 5.82 Å². The minimum atomic E-state index is -0.284. The summed E-state index contributed by atoms with van der Waals surface area (Å²) in [5.41, 5.74) is 1.02. The van der Waals surface area contributed by atoms with Crippen LogP contribution >= 0.6 is 0 Å². The second kappa shape index (κ2) is 5.33. The molecule has 1 nitrogen and oxygen atoms in total. The summed E-state index contributed by atoms with van der Waals surface area (Å²) >= 11 is 0. The Morgan fingerprint density at radius 3 is 2.62 bits per heavy atom. The fraction of sp³-hybridized carbons (Fsp3) is 0.357. The molecule has 0 aliphatic rings. The van der Waals surface area contributed by atoms with E-state index in [1.165, 1.54) is 12.1 Å². The van der Waals surface area contributed by atoms with E-state index < -0.39 is 0 Å². The highest BCUT2D eigenvalue weighted by Gasteiger charge is 2.18. The predicted octanol–water partition coefficient (Wildman–Crippen LogP) is 3.46. The topological polar surface area (TPSA) is 23.8 Å². The number of hydrogen-bond acceptors (Lipinski definition) is 1. The molecule has 1 atom stereocenters. The molecule has 0 amide bonds. The SMILES string of the molecule is C#CCC(c1cc(C#N)ccc1F)C(C)C. The first-order valence-electron chi connectivity index (χ1n) is 5.23. The Bertz CT molecular complexity index is 449. The molecule has 0 fully saturated rings. The van der Waals surface area contributed by atoms with E-state index >= 15 is 0 Å². The lowest BCUT2D eigenvalue weighted by atomic mass is 9.85. The smallest absolute Gasteiger partial charge is 0.126 e. The molecule has 2 heteroatoms. The summed E-state index contributed by atoms with van der Waals surface area (Å²) in [4.78, 5) is 0. The zero-order valence-electron chi connectivity index (χ0n) is 9.50. The van der Waals surface area contributed by atoms with E-state index in [9.17, 15) is 4.39 Å². The molecule has 1 aromatic carbocycles. The highest BCUT2D eigenvalue weighted by atomic mass is 19.1. The van der Waals surface area contributed by atoms with Gasteiger partial charge in [-0.05, 0) is 29.7 Å². The maximum atomic E-state index is 13.7. The average Bonchev–Trinajstić information content (AvgIpc) is 2.27. The fourth-order valence-electron chi connectivity index (χ4n) is 1.73. The van der Waals surface area contributed by atoms with Crippen LogP contribution in [0.3, 0.4) is 0 Å². The van der Waals surface area contributed by atoms with Gasteiger partial charge in [-0.2, -0.15) is 5.26 Å². The van der Waals surface area contributed by atoms with Gasteiger partial charge in [0, 0.05) is 12.3 Å². The molecule has 0 N–H and O–H groups in total. The van der Waals surface area contributed by atoms with Crippen molar-refractivity contribution in [2.45, 2.75) is 26.2 Å². The lowest BCUT2D eigenvalue weighted by Crippen LogP contribution is -2.08. The van der Waals surface area contributed by atoms with Crippen LogP contribution in [0.2, 0.25) is 0 Å². The summed E-state index contributed by atoms with van der Waals surface area (Å²) in [6, 6.07) is 6.42. The number of hydrogen-bond donors (Lipinski definition) is 0. The van der Waals surface area contributed by atoms with Crippen molar-refractivity contribution < 1.29 is 4.39 Å². The Labute approximate surface area is 95.9 Å². The van der Waals surface area contributed by atoms with E-state index in [1.54, 1.807) is 6.07 Å². The van der Waals surface area contributed by atoms with Crippen molar-refractivity contribution in [2.75, 3.05) is 0 Å². The second-order valence-electron chi connectivity index (χ2n) is 4.11. The number of rotatable bonds is 3. The van der Waals surface area contributed by atoms with Crippen molar-refractivity contribution in [3.8, 4) is 18.4 Å². The molecule has 1 rings (SSSR count). The van der Waals surface area contributed by atoms with Gasteiger partial charge in [-0.15, -0.1) is 12.3 Å². The number of terminal acetylenes is 1. The van der Waals surface area contributed by atoms with Crippen molar-refractivity contribution in [3.05, 3.63) is 35.1 Å². The number of nitrogens with zero attached hydrogens (tertiary/aromatic N) is 1. The third-order valence-corrected chi connectivity index (χ3v) is 2.67. The molecular weight excluding hydrogens is 201 g/mol. The van der Waals surface area contributed by atoms with Crippen LogP contribution < -0.4 is 0 Å². The van der Waals surface area contributed by atoms with Crippen LogP contribution in [0.25, 0.3) is 0 Å². The number of nitriles is 1. The van der Waals surface area contributed by atoms with Crippen LogP contribution in [0.1, 0.15) is 37.3 Å². The van der Waals surface area contributed by atoms with E-state index in [0.29, 0.717) is 17.5 Å². The van der Waals surface area contributed by atoms with Crippen LogP contribution in [0.4, 0.5) is 4.39 Å². The Balaban J connectivity index is 3.19. The van der Waals surface area contributed by atoms with Crippen LogP contribution in [0.15, 0.2) is 18.2 Å². The maximum absolute atomic E-state index is 13.7. The Kier molecular flexibility index (Phi) is 4.09. The molecule has 16 heavy (non-hydrogen) atoms. The molecule has 0 bridgehead atoms. The summed E-state index contributed by atoms with van der Waals surface area (Å²) < 4.78 is 13.7. The van der Waals surface area contributed by atoms with Crippen LogP contribution in [-0.2, 0) is 0 Å². The van der Waals surface area contributed by atoms with Crippen LogP contribution in [0.5, 0.6) is 0 Å². The van der Waals surface area contributed by atoms with Crippen molar-refractivity contribution in [1.29, 1.82) is 5.26 Å². The standard InChI is InChI=1S/C14H14FN/c1-4-5-12(10(2)3)13-8-11(9-16)6-7-14(13)15/h1,6-8,10,12H,5H2,2-3H3. The molecular formula is C14H14FN. The number of halogens is 1. The first-order valence-corrected chi connectivity index (χ1v) is 5.23. The Morgan fingerprint density at radius 2 is 2.12 bits per heavy atom. The average molecular weight is 215 g/mol. The molecule has 1 aromatic rings. The fourth-order valence-corrected chi connectivity index (χ4v) is 1.73. The first kappa shape index (κ1) is 12.3. The summed E-state index contributed by atoms with van der Waals surface area (Å²) in [6.45, 7) is 4.00. The third kappa shape index (κ3) is 2.61. The van der Waals surface area contributed by atoms with Gasteiger partial charge in [0.2, 0.25) is 0 Å². The Hall–Kier alpha value is -1.80. The zero-order valence-corrected chi connectivity index (χ0v) is 9.50. The van der Waals surface area contributed by atoms with Crippen molar-refractivity contribution in [1.82, 2.24) is 0 Å². The highest BCUT2D eigenvalue weighted by Crippen LogP contribution is 2.30. The normalized spacial score (nSPS) is 11.9. The second-order valence-corrected chi connectivity index (χ2v) is 4.11. The van der Waals surface area contributed by atoms with Crippen molar-refractivity contribution >= 4 is 0 Å². The van der Waals surface area contributed by atoms with Crippen molar-refractivity contribution in [3.63, 3.8) is 0 Å². The van der Waals surface area contributed by atoms with Gasteiger partial charge in [0.25, 0.3) is 0 Å². The van der Waals surface area contributed by atoms with Crippen molar-refractivity contribution in [2.24, 2.45) is 5.92 Å². The first-order chi connectivity index (χ1) is 7.60. The number of benzene rings is 1. The highest BCUT2D eigenvalue weighted by molar-refractivity contribution is 5.36. The molecule has 0 saturated carbocycles. The van der Waals surface area contributed by atoms with E-state index in [0.717, 1.165) is 0 Å². The zero-order chi connectivity index (χ0) is 12.1. The van der Waals surface area contributed by atoms with Gasteiger partial charge in [-0.25, -0.2) is 4.39 Å². The van der Waals surface area contributed by atoms with Gasteiger partial charge < -0.3 is 0 Å². The molecule has 0 spiro atoms. The third-order valence-electron chi connectivity index (χ3n) is 2.67. The predicted molar refractivity (Wildman–Crippen MR) is 62.1 cm³/mol. The minimum Gasteiger partial charge on any atom is -0.207 e. The molecule has 0 heterocycles. The summed E-state index contributed by atoms with van der Waals surface area (Å²) in [6.07, 6.45) is 5.78. The summed E-state index contributed by atoms with van der Waals surface area (Å²) in [5.74, 6) is 2.50. The molecule has 0 aromatic heterocycles. The van der Waals surface area contributed by atoms with Gasteiger partial charge in [-0.3, -0.25) is 0 Å². The lowest BCUT2D eigenvalue weighted by Gasteiger charge is -2.19. The molecule has 0 aliphatic heterocycles.